The third-order valence-electron chi connectivity index (χ3n) is 2.81. The van der Waals surface area contributed by atoms with Crippen molar-refractivity contribution < 1.29 is 4.39 Å². The van der Waals surface area contributed by atoms with Gasteiger partial charge in [-0.15, -0.1) is 0 Å². The lowest BCUT2D eigenvalue weighted by atomic mass is 9.83. The first-order valence-corrected chi connectivity index (χ1v) is 5.34. The molecule has 1 aliphatic heterocycles. The maximum Gasteiger partial charge on any atom is 0.115 e. The summed E-state index contributed by atoms with van der Waals surface area (Å²) >= 11 is 0. The molecule has 0 spiro atoms. The van der Waals surface area contributed by atoms with Gasteiger partial charge in [-0.05, 0) is 37.1 Å². The summed E-state index contributed by atoms with van der Waals surface area (Å²) in [6.07, 6.45) is 2.58. The van der Waals surface area contributed by atoms with E-state index in [1.54, 1.807) is 0 Å². The lowest BCUT2D eigenvalue weighted by Gasteiger charge is -2.29. The largest absolute Gasteiger partial charge is 0.314 e. The molecule has 1 fully saturated rings. The van der Waals surface area contributed by atoms with Crippen LogP contribution in [0.25, 0.3) is 0 Å². The fourth-order valence-electron chi connectivity index (χ4n) is 1.82. The van der Waals surface area contributed by atoms with E-state index in [4.69, 9.17) is 0 Å². The van der Waals surface area contributed by atoms with Gasteiger partial charge in [0, 0.05) is 6.54 Å². The molecule has 13 heavy (non-hydrogen) atoms. The predicted molar refractivity (Wildman–Crippen MR) is 54.6 cm³/mol. The lowest BCUT2D eigenvalue weighted by Crippen LogP contribution is -2.38. The van der Waals surface area contributed by atoms with Crippen LogP contribution < -0.4 is 5.32 Å². The molecule has 1 rings (SSSR count). The summed E-state index contributed by atoms with van der Waals surface area (Å²) in [6, 6.07) is 0. The minimum Gasteiger partial charge on any atom is -0.314 e. The van der Waals surface area contributed by atoms with Crippen LogP contribution in [0.4, 0.5) is 4.39 Å². The van der Waals surface area contributed by atoms with Crippen molar-refractivity contribution in [3.63, 3.8) is 0 Å². The van der Waals surface area contributed by atoms with E-state index in [1.165, 1.54) is 0 Å². The van der Waals surface area contributed by atoms with Crippen LogP contribution in [0.2, 0.25) is 0 Å². The fourth-order valence-corrected chi connectivity index (χ4v) is 1.82. The molecule has 1 nitrogen and oxygen atoms in total. The Morgan fingerprint density at radius 2 is 2.08 bits per heavy atom. The van der Waals surface area contributed by atoms with Crippen LogP contribution in [0.3, 0.4) is 0 Å². The van der Waals surface area contributed by atoms with Crippen LogP contribution in [0.5, 0.6) is 0 Å². The average Bonchev–Trinajstić information content (AvgIpc) is 2.01. The van der Waals surface area contributed by atoms with Gasteiger partial charge in [-0.3, -0.25) is 0 Å². The van der Waals surface area contributed by atoms with E-state index in [2.05, 4.69) is 26.1 Å². The molecule has 1 N–H and O–H groups in total. The quantitative estimate of drug-likeness (QED) is 0.701. The Bertz CT molecular complexity index is 151. The van der Waals surface area contributed by atoms with Gasteiger partial charge in [-0.2, -0.15) is 0 Å². The van der Waals surface area contributed by atoms with E-state index in [9.17, 15) is 4.39 Å². The Balaban J connectivity index is 2.27. The van der Waals surface area contributed by atoms with E-state index >= 15 is 0 Å². The molecule has 1 unspecified atom stereocenters. The second-order valence-corrected chi connectivity index (χ2v) is 5.37. The monoisotopic (exact) mass is 187 g/mol. The SMILES string of the molecule is CC(C)(C)CCC1CCNC[C@@H]1F. The summed E-state index contributed by atoms with van der Waals surface area (Å²) in [5, 5.41) is 3.09. The highest BCUT2D eigenvalue weighted by molar-refractivity contribution is 4.79. The number of hydrogen-bond donors (Lipinski definition) is 1. The van der Waals surface area contributed by atoms with E-state index < -0.39 is 6.17 Å². The predicted octanol–water partition coefficient (Wildman–Crippen LogP) is 2.76. The molecule has 0 amide bonds. The van der Waals surface area contributed by atoms with Crippen molar-refractivity contribution in [1.29, 1.82) is 0 Å². The Morgan fingerprint density at radius 3 is 2.62 bits per heavy atom. The van der Waals surface area contributed by atoms with Gasteiger partial charge in [-0.1, -0.05) is 20.8 Å². The molecule has 0 saturated carbocycles. The Kier molecular flexibility index (Phi) is 3.72. The van der Waals surface area contributed by atoms with Gasteiger partial charge in [0.25, 0.3) is 0 Å². The van der Waals surface area contributed by atoms with Gasteiger partial charge in [0.2, 0.25) is 0 Å². The highest BCUT2D eigenvalue weighted by Crippen LogP contribution is 2.28. The van der Waals surface area contributed by atoms with Crippen LogP contribution in [-0.2, 0) is 0 Å². The third-order valence-corrected chi connectivity index (χ3v) is 2.81. The topological polar surface area (TPSA) is 12.0 Å². The summed E-state index contributed by atoms with van der Waals surface area (Å²) in [5.74, 6) is 0.306. The zero-order chi connectivity index (χ0) is 9.90. The molecule has 1 heterocycles. The number of piperidine rings is 1. The van der Waals surface area contributed by atoms with Crippen LogP contribution in [0.1, 0.15) is 40.0 Å². The Hall–Kier alpha value is -0.110. The fraction of sp³-hybridized carbons (Fsp3) is 1.00. The van der Waals surface area contributed by atoms with Gasteiger partial charge in [0.1, 0.15) is 6.17 Å². The zero-order valence-corrected chi connectivity index (χ0v) is 9.07. The van der Waals surface area contributed by atoms with Crippen LogP contribution in [0.15, 0.2) is 0 Å². The van der Waals surface area contributed by atoms with Crippen molar-refractivity contribution >= 4 is 0 Å². The highest BCUT2D eigenvalue weighted by atomic mass is 19.1. The van der Waals surface area contributed by atoms with Crippen molar-refractivity contribution in [1.82, 2.24) is 5.32 Å². The van der Waals surface area contributed by atoms with Gasteiger partial charge in [0.05, 0.1) is 0 Å². The van der Waals surface area contributed by atoms with Gasteiger partial charge < -0.3 is 5.32 Å². The second kappa shape index (κ2) is 4.41. The van der Waals surface area contributed by atoms with E-state index in [0.717, 1.165) is 25.8 Å². The molecular weight excluding hydrogens is 165 g/mol. The second-order valence-electron chi connectivity index (χ2n) is 5.37. The molecule has 1 saturated heterocycles. The Labute approximate surface area is 81.1 Å². The van der Waals surface area contributed by atoms with E-state index in [1.807, 2.05) is 0 Å². The molecule has 2 heteroatoms. The number of hydrogen-bond acceptors (Lipinski definition) is 1. The number of nitrogens with one attached hydrogen (secondary N) is 1. The molecule has 1 aliphatic rings. The third kappa shape index (κ3) is 4.08. The van der Waals surface area contributed by atoms with E-state index in [-0.39, 0.29) is 0 Å². The molecule has 0 bridgehead atoms. The van der Waals surface area contributed by atoms with Crippen LogP contribution in [-0.4, -0.2) is 19.3 Å². The van der Waals surface area contributed by atoms with Gasteiger partial charge in [0.15, 0.2) is 0 Å². The smallest absolute Gasteiger partial charge is 0.115 e. The standard InChI is InChI=1S/C11H22FN/c1-11(2,3)6-4-9-5-7-13-8-10(9)12/h9-10,13H,4-8H2,1-3H3/t9?,10-/m0/s1. The van der Waals surface area contributed by atoms with Crippen LogP contribution in [0, 0.1) is 11.3 Å². The first kappa shape index (κ1) is 11.0. The highest BCUT2D eigenvalue weighted by Gasteiger charge is 2.25. The van der Waals surface area contributed by atoms with Crippen molar-refractivity contribution in [3.8, 4) is 0 Å². The molecule has 0 radical (unpaired) electrons. The molecule has 78 valence electrons. The van der Waals surface area contributed by atoms with Crippen molar-refractivity contribution in [2.75, 3.05) is 13.1 Å². The summed E-state index contributed by atoms with van der Waals surface area (Å²) < 4.78 is 13.4. The summed E-state index contributed by atoms with van der Waals surface area (Å²) in [7, 11) is 0. The molecular formula is C11H22FN. The lowest BCUT2D eigenvalue weighted by molar-refractivity contribution is 0.156. The normalized spacial score (nSPS) is 30.5. The summed E-state index contributed by atoms with van der Waals surface area (Å²) in [6.45, 7) is 8.23. The summed E-state index contributed by atoms with van der Waals surface area (Å²) in [5.41, 5.74) is 0.352. The summed E-state index contributed by atoms with van der Waals surface area (Å²) in [4.78, 5) is 0. The van der Waals surface area contributed by atoms with Crippen molar-refractivity contribution in [2.24, 2.45) is 11.3 Å². The van der Waals surface area contributed by atoms with Crippen molar-refractivity contribution in [2.45, 2.75) is 46.2 Å². The Morgan fingerprint density at radius 1 is 1.38 bits per heavy atom. The molecule has 2 atom stereocenters. The maximum atomic E-state index is 13.4. The molecule has 0 aromatic heterocycles. The minimum absolute atomic E-state index is 0.306. The van der Waals surface area contributed by atoms with Gasteiger partial charge in [-0.25, -0.2) is 4.39 Å². The first-order valence-electron chi connectivity index (χ1n) is 5.34. The first-order chi connectivity index (χ1) is 5.99. The minimum atomic E-state index is -0.615. The maximum absolute atomic E-state index is 13.4. The molecule has 0 aliphatic carbocycles. The molecule has 0 aromatic carbocycles. The zero-order valence-electron chi connectivity index (χ0n) is 9.07. The molecule has 0 aromatic rings. The number of rotatable bonds is 2. The number of alkyl halides is 1. The number of halogens is 1. The van der Waals surface area contributed by atoms with Gasteiger partial charge >= 0.3 is 0 Å². The van der Waals surface area contributed by atoms with Crippen molar-refractivity contribution in [3.05, 3.63) is 0 Å². The van der Waals surface area contributed by atoms with E-state index in [0.29, 0.717) is 17.9 Å². The van der Waals surface area contributed by atoms with Crippen LogP contribution >= 0.6 is 0 Å². The average molecular weight is 187 g/mol.